The second kappa shape index (κ2) is 14.1. The molecule has 0 nitrogen and oxygen atoms in total. The normalized spacial score (nSPS) is 11.6. The van der Waals surface area contributed by atoms with Gasteiger partial charge >= 0.3 is 17.1 Å². The van der Waals surface area contributed by atoms with Crippen molar-refractivity contribution in [2.75, 3.05) is 0 Å². The SMILES string of the molecule is [Fe+4].[S-]C(=C([S-])c1ccccc1)c1ccccc1.[S-]C(=C([S-])c1ccccc1)c1ccccc1. The Hall–Kier alpha value is -2.24. The van der Waals surface area contributed by atoms with Crippen LogP contribution >= 0.6 is 0 Å². The molecule has 4 aromatic carbocycles. The van der Waals surface area contributed by atoms with Gasteiger partial charge in [0.2, 0.25) is 0 Å². The van der Waals surface area contributed by atoms with Crippen molar-refractivity contribution >= 4 is 70.1 Å². The van der Waals surface area contributed by atoms with Crippen molar-refractivity contribution in [3.05, 3.63) is 144 Å². The number of hydrogen-bond acceptors (Lipinski definition) is 4. The first-order valence-corrected chi connectivity index (χ1v) is 11.6. The number of hydrogen-bond donors (Lipinski definition) is 0. The molecule has 4 aromatic rings. The maximum atomic E-state index is 5.38. The quantitative estimate of drug-likeness (QED) is 0.152. The first-order valence-electron chi connectivity index (χ1n) is 9.96. The fourth-order valence-corrected chi connectivity index (χ4v) is 3.90. The molecule has 0 atom stereocenters. The Morgan fingerprint density at radius 3 is 0.606 bits per heavy atom. The molecule has 0 saturated carbocycles. The van der Waals surface area contributed by atoms with Crippen molar-refractivity contribution in [1.82, 2.24) is 0 Å². The van der Waals surface area contributed by atoms with E-state index in [0.717, 1.165) is 41.9 Å². The maximum Gasteiger partial charge on any atom is 4.00 e. The summed E-state index contributed by atoms with van der Waals surface area (Å²) in [5.74, 6) is 0. The summed E-state index contributed by atoms with van der Waals surface area (Å²) < 4.78 is 0. The zero-order chi connectivity index (χ0) is 22.8. The van der Waals surface area contributed by atoms with E-state index >= 15 is 0 Å². The van der Waals surface area contributed by atoms with Crippen LogP contribution in [0.15, 0.2) is 121 Å². The molecule has 0 unspecified atom stereocenters. The van der Waals surface area contributed by atoms with Crippen LogP contribution in [0.3, 0.4) is 0 Å². The summed E-state index contributed by atoms with van der Waals surface area (Å²) in [5.41, 5.74) is 4.02. The molecule has 0 aromatic heterocycles. The molecule has 164 valence electrons. The third-order valence-electron chi connectivity index (χ3n) is 4.56. The van der Waals surface area contributed by atoms with Crippen LogP contribution in [0.4, 0.5) is 0 Å². The van der Waals surface area contributed by atoms with E-state index in [4.69, 9.17) is 50.5 Å². The summed E-state index contributed by atoms with van der Waals surface area (Å²) in [6.45, 7) is 0. The van der Waals surface area contributed by atoms with Crippen LogP contribution in [0.2, 0.25) is 0 Å². The van der Waals surface area contributed by atoms with E-state index in [9.17, 15) is 0 Å². The fraction of sp³-hybridized carbons (Fsp3) is 0. The minimum Gasteiger partial charge on any atom is -0.781 e. The van der Waals surface area contributed by atoms with Crippen LogP contribution in [0.5, 0.6) is 0 Å². The third kappa shape index (κ3) is 7.93. The summed E-state index contributed by atoms with van der Waals surface area (Å²) in [6.07, 6.45) is 0. The minimum atomic E-state index is 0. The van der Waals surface area contributed by atoms with Crippen LogP contribution < -0.4 is 0 Å². The van der Waals surface area contributed by atoms with E-state index in [-0.39, 0.29) is 17.1 Å². The molecule has 0 saturated heterocycles. The van der Waals surface area contributed by atoms with Crippen molar-refractivity contribution in [1.29, 1.82) is 0 Å². The Morgan fingerprint density at radius 2 is 0.455 bits per heavy atom. The minimum absolute atomic E-state index is 0. The van der Waals surface area contributed by atoms with Crippen molar-refractivity contribution in [2.24, 2.45) is 0 Å². The number of benzene rings is 4. The fourth-order valence-electron chi connectivity index (χ4n) is 2.88. The first kappa shape index (κ1) is 27.0. The van der Waals surface area contributed by atoms with Gasteiger partial charge < -0.3 is 50.5 Å². The Balaban J connectivity index is 0.000000227. The molecule has 0 amide bonds. The van der Waals surface area contributed by atoms with Gasteiger partial charge in [0.25, 0.3) is 0 Å². The molecule has 0 fully saturated rings. The van der Waals surface area contributed by atoms with Crippen LogP contribution in [0.1, 0.15) is 22.3 Å². The van der Waals surface area contributed by atoms with E-state index in [2.05, 4.69) is 0 Å². The average Bonchev–Trinajstić information content (AvgIpc) is 2.89. The summed E-state index contributed by atoms with van der Waals surface area (Å²) in [5, 5.41) is 0. The smallest absolute Gasteiger partial charge is 0.781 e. The molecular weight excluding hydrogens is 520 g/mol. The Labute approximate surface area is 229 Å². The van der Waals surface area contributed by atoms with Crippen molar-refractivity contribution in [3.8, 4) is 0 Å². The van der Waals surface area contributed by atoms with Gasteiger partial charge in [0.1, 0.15) is 0 Å². The van der Waals surface area contributed by atoms with Gasteiger partial charge in [-0.05, 0) is 22.3 Å². The van der Waals surface area contributed by atoms with E-state index in [1.54, 1.807) is 0 Å². The third-order valence-corrected chi connectivity index (χ3v) is 6.57. The van der Waals surface area contributed by atoms with Crippen molar-refractivity contribution in [2.45, 2.75) is 0 Å². The summed E-state index contributed by atoms with van der Waals surface area (Å²) >= 11 is 21.5. The number of rotatable bonds is 4. The van der Waals surface area contributed by atoms with E-state index in [0.29, 0.717) is 0 Å². The largest absolute Gasteiger partial charge is 4.00 e. The van der Waals surface area contributed by atoms with Gasteiger partial charge in [0.15, 0.2) is 0 Å². The van der Waals surface area contributed by atoms with Gasteiger partial charge in [-0.2, -0.15) is 19.6 Å². The van der Waals surface area contributed by atoms with E-state index in [1.165, 1.54) is 0 Å². The predicted molar refractivity (Wildman–Crippen MR) is 149 cm³/mol. The Kier molecular flexibility index (Phi) is 11.6. The summed E-state index contributed by atoms with van der Waals surface area (Å²) in [6, 6.07) is 39.5. The van der Waals surface area contributed by atoms with Gasteiger partial charge in [-0.3, -0.25) is 0 Å². The van der Waals surface area contributed by atoms with Crippen molar-refractivity contribution < 1.29 is 17.1 Å². The molecule has 0 aliphatic rings. The standard InChI is InChI=1S/2C14H12S2.Fe/c2*15-13(11-7-3-1-4-8-11)14(16)12-9-5-2-6-10-12;/h2*1-10,15-16H;/q;;+4/p-4. The van der Waals surface area contributed by atoms with Gasteiger partial charge in [-0.25, -0.2) is 0 Å². The second-order valence-corrected chi connectivity index (χ2v) is 8.41. The van der Waals surface area contributed by atoms with Crippen LogP contribution in [-0.4, -0.2) is 0 Å². The van der Waals surface area contributed by atoms with Crippen LogP contribution in [0.25, 0.3) is 19.6 Å². The van der Waals surface area contributed by atoms with Crippen molar-refractivity contribution in [3.63, 3.8) is 0 Å². The molecule has 0 heterocycles. The molecule has 0 N–H and O–H groups in total. The van der Waals surface area contributed by atoms with Gasteiger partial charge in [-0.1, -0.05) is 121 Å². The average molecular weight is 541 g/mol. The zero-order valence-corrected chi connectivity index (χ0v) is 21.9. The predicted octanol–water partition coefficient (Wildman–Crippen LogP) is 7.21. The molecule has 33 heavy (non-hydrogen) atoms. The Bertz CT molecular complexity index is 982. The molecule has 0 aliphatic carbocycles. The summed E-state index contributed by atoms with van der Waals surface area (Å²) in [4.78, 5) is 2.95. The monoisotopic (exact) mass is 540 g/mol. The van der Waals surface area contributed by atoms with Gasteiger partial charge in [0, 0.05) is 0 Å². The Morgan fingerprint density at radius 1 is 0.303 bits per heavy atom. The molecular formula is C28H20FeS4. The topological polar surface area (TPSA) is 0 Å². The molecule has 0 radical (unpaired) electrons. The van der Waals surface area contributed by atoms with E-state index < -0.39 is 0 Å². The second-order valence-electron chi connectivity index (χ2n) is 6.78. The molecule has 0 aliphatic heterocycles. The molecule has 0 spiro atoms. The molecule has 5 heteroatoms. The maximum absolute atomic E-state index is 5.38. The zero-order valence-electron chi connectivity index (χ0n) is 17.5. The molecule has 4 rings (SSSR count). The first-order chi connectivity index (χ1) is 15.6. The van der Waals surface area contributed by atoms with Gasteiger partial charge in [-0.15, -0.1) is 0 Å². The molecule has 0 bridgehead atoms. The van der Waals surface area contributed by atoms with Gasteiger partial charge in [0.05, 0.1) is 0 Å². The van der Waals surface area contributed by atoms with Crippen LogP contribution in [0, 0.1) is 0 Å². The summed E-state index contributed by atoms with van der Waals surface area (Å²) in [7, 11) is 0. The van der Waals surface area contributed by atoms with E-state index in [1.807, 2.05) is 121 Å². The van der Waals surface area contributed by atoms with Crippen LogP contribution in [-0.2, 0) is 67.6 Å².